The summed E-state index contributed by atoms with van der Waals surface area (Å²) in [4.78, 5) is 13.7. The van der Waals surface area contributed by atoms with Crippen LogP contribution in [-0.2, 0) is 9.57 Å². The number of anilines is 1. The van der Waals surface area contributed by atoms with Crippen LogP contribution in [0.4, 0.5) is 5.69 Å². The highest BCUT2D eigenvalue weighted by atomic mass is 16.7. The van der Waals surface area contributed by atoms with Crippen molar-refractivity contribution in [1.29, 1.82) is 0 Å². The fourth-order valence-corrected chi connectivity index (χ4v) is 5.26. The average Bonchev–Trinajstić information content (AvgIpc) is 2.87. The topological polar surface area (TPSA) is 46.5 Å². The minimum atomic E-state index is 0.339. The molecule has 0 spiro atoms. The smallest absolute Gasteiger partial charge is 0.317 e. The van der Waals surface area contributed by atoms with Gasteiger partial charge in [-0.15, -0.1) is 0 Å². The van der Waals surface area contributed by atoms with E-state index < -0.39 is 0 Å². The molecule has 182 valence electrons. The molecule has 1 saturated heterocycles. The fraction of sp³-hybridized carbons (Fsp3) is 0.667. The molecule has 6 heteroatoms. The van der Waals surface area contributed by atoms with E-state index >= 15 is 0 Å². The van der Waals surface area contributed by atoms with Gasteiger partial charge in [0, 0.05) is 30.4 Å². The van der Waals surface area contributed by atoms with Crippen LogP contribution < -0.4 is 9.64 Å². The molecule has 3 aliphatic rings. The van der Waals surface area contributed by atoms with E-state index in [1.54, 1.807) is 7.11 Å². The largest absolute Gasteiger partial charge is 0.496 e. The average molecular weight is 456 g/mol. The molecule has 0 atom stereocenters. The van der Waals surface area contributed by atoms with Crippen LogP contribution in [0.25, 0.3) is 6.08 Å². The summed E-state index contributed by atoms with van der Waals surface area (Å²) in [5, 5.41) is 1.99. The lowest BCUT2D eigenvalue weighted by Gasteiger charge is -2.38. The van der Waals surface area contributed by atoms with Crippen LogP contribution in [0, 0.1) is 0 Å². The number of aliphatic imine (C=N–C) groups is 1. The van der Waals surface area contributed by atoms with E-state index in [1.807, 2.05) is 11.1 Å². The van der Waals surface area contributed by atoms with Crippen molar-refractivity contribution in [2.24, 2.45) is 4.99 Å². The lowest BCUT2D eigenvalue weighted by Crippen LogP contribution is -2.46. The summed E-state index contributed by atoms with van der Waals surface area (Å²) in [5.41, 5.74) is 2.16. The molecule has 1 aliphatic heterocycles. The van der Waals surface area contributed by atoms with E-state index in [9.17, 15) is 0 Å². The second kappa shape index (κ2) is 11.8. The highest BCUT2D eigenvalue weighted by molar-refractivity contribution is 5.77. The molecule has 4 rings (SSSR count). The summed E-state index contributed by atoms with van der Waals surface area (Å²) in [7, 11) is 1.72. The Labute approximate surface area is 199 Å². The van der Waals surface area contributed by atoms with Crippen LogP contribution in [0.1, 0.15) is 83.6 Å². The Morgan fingerprint density at radius 3 is 2.39 bits per heavy atom. The summed E-state index contributed by atoms with van der Waals surface area (Å²) >= 11 is 0. The van der Waals surface area contributed by atoms with E-state index in [2.05, 4.69) is 36.9 Å². The predicted octanol–water partition coefficient (Wildman–Crippen LogP) is 6.17. The first-order valence-corrected chi connectivity index (χ1v) is 13.0. The molecule has 0 bridgehead atoms. The van der Waals surface area contributed by atoms with Gasteiger partial charge in [-0.2, -0.15) is 0 Å². The summed E-state index contributed by atoms with van der Waals surface area (Å²) in [6, 6.07) is 7.72. The number of nitrogens with zero attached hydrogens (tertiary/aromatic N) is 3. The molecule has 1 heterocycles. The van der Waals surface area contributed by atoms with Gasteiger partial charge < -0.3 is 14.4 Å². The van der Waals surface area contributed by atoms with E-state index in [-0.39, 0.29) is 0 Å². The maximum atomic E-state index is 6.42. The Bertz CT molecular complexity index is 822. The van der Waals surface area contributed by atoms with Gasteiger partial charge in [-0.25, -0.2) is 10.1 Å². The number of hydroxylamine groups is 2. The van der Waals surface area contributed by atoms with Crippen molar-refractivity contribution >= 4 is 17.8 Å². The van der Waals surface area contributed by atoms with Gasteiger partial charge in [-0.3, -0.25) is 4.84 Å². The third kappa shape index (κ3) is 6.03. The summed E-state index contributed by atoms with van der Waals surface area (Å²) in [6.07, 6.45) is 14.3. The van der Waals surface area contributed by atoms with Crippen molar-refractivity contribution in [1.82, 2.24) is 5.06 Å². The predicted molar refractivity (Wildman–Crippen MR) is 135 cm³/mol. The number of amidine groups is 1. The SMILES string of the molecule is CCN(CC)c1ccc(/C=C2\CON(C3CCCCC3)C(=NC3CCCCC3)O2)c(OC)c1. The third-order valence-electron chi connectivity index (χ3n) is 7.19. The van der Waals surface area contributed by atoms with E-state index in [1.165, 1.54) is 44.2 Å². The molecule has 0 amide bonds. The van der Waals surface area contributed by atoms with Gasteiger partial charge in [0.05, 0.1) is 19.2 Å². The van der Waals surface area contributed by atoms with Crippen molar-refractivity contribution in [2.45, 2.75) is 90.1 Å². The molecule has 3 fully saturated rings. The molecule has 0 radical (unpaired) electrons. The fourth-order valence-electron chi connectivity index (χ4n) is 5.26. The quantitative estimate of drug-likeness (QED) is 0.492. The van der Waals surface area contributed by atoms with Crippen molar-refractivity contribution < 1.29 is 14.3 Å². The molecule has 1 aromatic rings. The number of methoxy groups -OCH3 is 1. The molecule has 2 aliphatic carbocycles. The van der Waals surface area contributed by atoms with Gasteiger partial charge in [0.15, 0.2) is 0 Å². The standard InChI is InChI=1S/C27H41N3O3/c1-4-29(5-2)24-17-16-21(26(19-24)31-3)18-25-20-32-30(23-14-10-7-11-15-23)27(33-25)28-22-12-8-6-9-13-22/h16-19,22-23H,4-15,20H2,1-3H3/b25-18+,28-27?. The number of hydrogen-bond donors (Lipinski definition) is 0. The van der Waals surface area contributed by atoms with Crippen molar-refractivity contribution in [3.8, 4) is 5.75 Å². The van der Waals surface area contributed by atoms with Crippen LogP contribution in [0.5, 0.6) is 5.75 Å². The number of rotatable bonds is 7. The summed E-state index contributed by atoms with van der Waals surface area (Å²) < 4.78 is 12.1. The van der Waals surface area contributed by atoms with Crippen LogP contribution in [0.3, 0.4) is 0 Å². The molecule has 33 heavy (non-hydrogen) atoms. The maximum Gasteiger partial charge on any atom is 0.317 e. The monoisotopic (exact) mass is 455 g/mol. The highest BCUT2D eigenvalue weighted by Crippen LogP contribution is 2.31. The number of benzene rings is 1. The lowest BCUT2D eigenvalue weighted by atomic mass is 9.95. The van der Waals surface area contributed by atoms with Crippen LogP contribution in [-0.4, -0.2) is 50.0 Å². The minimum Gasteiger partial charge on any atom is -0.496 e. The van der Waals surface area contributed by atoms with Gasteiger partial charge in [-0.1, -0.05) is 38.5 Å². The van der Waals surface area contributed by atoms with Crippen molar-refractivity contribution in [2.75, 3.05) is 31.7 Å². The number of ether oxygens (including phenoxy) is 2. The highest BCUT2D eigenvalue weighted by Gasteiger charge is 2.32. The second-order valence-corrected chi connectivity index (χ2v) is 9.41. The number of hydrogen-bond acceptors (Lipinski definition) is 5. The lowest BCUT2D eigenvalue weighted by molar-refractivity contribution is -0.165. The van der Waals surface area contributed by atoms with Gasteiger partial charge in [0.25, 0.3) is 0 Å². The molecule has 2 saturated carbocycles. The van der Waals surface area contributed by atoms with Crippen LogP contribution >= 0.6 is 0 Å². The molecular formula is C27H41N3O3. The molecule has 0 unspecified atom stereocenters. The van der Waals surface area contributed by atoms with E-state index in [4.69, 9.17) is 19.3 Å². The Balaban J connectivity index is 1.56. The molecule has 0 aromatic heterocycles. The summed E-state index contributed by atoms with van der Waals surface area (Å²) in [5.74, 6) is 1.63. The third-order valence-corrected chi connectivity index (χ3v) is 7.19. The summed E-state index contributed by atoms with van der Waals surface area (Å²) in [6.45, 7) is 6.69. The van der Waals surface area contributed by atoms with Crippen LogP contribution in [0.15, 0.2) is 29.0 Å². The Hall–Kier alpha value is -2.21. The van der Waals surface area contributed by atoms with Gasteiger partial charge >= 0.3 is 6.02 Å². The van der Waals surface area contributed by atoms with E-state index in [0.29, 0.717) is 24.7 Å². The Morgan fingerprint density at radius 2 is 1.73 bits per heavy atom. The molecule has 0 N–H and O–H groups in total. The minimum absolute atomic E-state index is 0.339. The normalized spacial score (nSPS) is 23.1. The zero-order chi connectivity index (χ0) is 23.0. The molecular weight excluding hydrogens is 414 g/mol. The Morgan fingerprint density at radius 1 is 1.03 bits per heavy atom. The zero-order valence-corrected chi connectivity index (χ0v) is 20.7. The van der Waals surface area contributed by atoms with Gasteiger partial charge in [0.1, 0.15) is 18.1 Å². The zero-order valence-electron chi connectivity index (χ0n) is 20.7. The first-order chi connectivity index (χ1) is 16.2. The molecule has 1 aromatic carbocycles. The van der Waals surface area contributed by atoms with Gasteiger partial charge in [-0.05, 0) is 57.7 Å². The first-order valence-electron chi connectivity index (χ1n) is 13.0. The Kier molecular flexibility index (Phi) is 8.54. The second-order valence-electron chi connectivity index (χ2n) is 9.41. The van der Waals surface area contributed by atoms with Gasteiger partial charge in [0.2, 0.25) is 0 Å². The maximum absolute atomic E-state index is 6.42. The van der Waals surface area contributed by atoms with Crippen molar-refractivity contribution in [3.05, 3.63) is 29.5 Å². The first kappa shape index (κ1) is 23.9. The molecule has 6 nitrogen and oxygen atoms in total. The van der Waals surface area contributed by atoms with Crippen LogP contribution in [0.2, 0.25) is 0 Å². The van der Waals surface area contributed by atoms with E-state index in [0.717, 1.165) is 55.8 Å². The van der Waals surface area contributed by atoms with Crippen molar-refractivity contribution in [3.63, 3.8) is 0 Å².